The molecule has 0 aromatic heterocycles. The van der Waals surface area contributed by atoms with Crippen LogP contribution < -0.4 is 21.2 Å². The van der Waals surface area contributed by atoms with Crippen molar-refractivity contribution in [3.63, 3.8) is 0 Å². The topological polar surface area (TPSA) is 57.2 Å². The maximum atomic E-state index is 10.7. The summed E-state index contributed by atoms with van der Waals surface area (Å²) in [4.78, 5) is 0. The fourth-order valence-electron chi connectivity index (χ4n) is 5.30. The molecule has 0 N–H and O–H groups in total. The molecule has 0 bridgehead atoms. The maximum Gasteiger partial charge on any atom is 0.485 e. The molecule has 2 rings (SSSR count). The van der Waals surface area contributed by atoms with Crippen LogP contribution in [0.5, 0.6) is 0 Å². The monoisotopic (exact) mass is 766 g/mol. The van der Waals surface area contributed by atoms with E-state index in [-0.39, 0.29) is 21.2 Å². The van der Waals surface area contributed by atoms with E-state index in [9.17, 15) is 13.2 Å². The third kappa shape index (κ3) is 21.4. The van der Waals surface area contributed by atoms with Gasteiger partial charge in [-0.2, -0.15) is 13.2 Å². The molecule has 3 nitrogen and oxygen atoms in total. The molecule has 0 heterocycles. The first kappa shape index (κ1) is 41.9. The predicted molar refractivity (Wildman–Crippen MR) is 177 cm³/mol. The van der Waals surface area contributed by atoms with Gasteiger partial charge in [0.15, 0.2) is 17.3 Å². The Balaban J connectivity index is 0.00000111. The van der Waals surface area contributed by atoms with Crippen molar-refractivity contribution in [3.05, 3.63) is 66.8 Å². The van der Waals surface area contributed by atoms with Gasteiger partial charge >= 0.3 is 26.7 Å². The molecule has 0 amide bonds. The highest BCUT2D eigenvalue weighted by Gasteiger charge is 2.37. The fraction of sp³-hybridized carbons (Fsp3) is 0.676. The van der Waals surface area contributed by atoms with Gasteiger partial charge in [0.2, 0.25) is 0 Å². The Morgan fingerprint density at radius 3 is 1.09 bits per heavy atom. The van der Waals surface area contributed by atoms with Gasteiger partial charge in [-0.3, -0.25) is 0 Å². The van der Waals surface area contributed by atoms with E-state index in [0.717, 1.165) is 0 Å². The molecular formula is C37H58F3IO3S. The van der Waals surface area contributed by atoms with Crippen molar-refractivity contribution < 1.29 is 47.3 Å². The van der Waals surface area contributed by atoms with Crippen molar-refractivity contribution in [2.24, 2.45) is 0 Å². The lowest BCUT2D eigenvalue weighted by Crippen LogP contribution is -3.62. The summed E-state index contributed by atoms with van der Waals surface area (Å²) in [5, 5.41) is 0. The summed E-state index contributed by atoms with van der Waals surface area (Å²) >= 11 is -0.0947. The highest BCUT2D eigenvalue weighted by atomic mass is 127. The van der Waals surface area contributed by atoms with Gasteiger partial charge in [-0.05, 0) is 37.8 Å². The SMILES string of the molecule is CCCCCCCCCCCCc1ccccc1[I+]c1ccccc1CCCCCCCCCCCC.O=S(=O)([O-])C(F)(F)F. The van der Waals surface area contributed by atoms with Gasteiger partial charge in [0.25, 0.3) is 0 Å². The quantitative estimate of drug-likeness (QED) is 0.0465. The molecule has 0 aliphatic rings. The van der Waals surface area contributed by atoms with Gasteiger partial charge in [-0.1, -0.05) is 166 Å². The number of benzene rings is 2. The molecule has 0 atom stereocenters. The molecule has 0 unspecified atom stereocenters. The Bertz CT molecular complexity index is 1040. The zero-order chi connectivity index (χ0) is 33.2. The van der Waals surface area contributed by atoms with Crippen LogP contribution in [0.3, 0.4) is 0 Å². The molecule has 8 heteroatoms. The van der Waals surface area contributed by atoms with E-state index >= 15 is 0 Å². The number of aryl methyl sites for hydroxylation is 2. The standard InChI is InChI=1S/C36H58I.CHF3O3S/c1-3-5-7-9-11-13-15-17-19-21-27-33-29-23-25-31-35(33)37-36-32-26-24-30-34(36)28-22-20-18-16-14-12-10-8-6-4-2;2-1(3,4)8(5,6)7/h23-26,29-32H,3-22,27-28H2,1-2H3;(H,5,6,7)/q+1;/p-1. The lowest BCUT2D eigenvalue weighted by atomic mass is 10.0. The Labute approximate surface area is 283 Å². The minimum Gasteiger partial charge on any atom is -0.741 e. The van der Waals surface area contributed by atoms with Crippen LogP contribution in [0.2, 0.25) is 0 Å². The average molecular weight is 767 g/mol. The number of hydrogen-bond acceptors (Lipinski definition) is 3. The smallest absolute Gasteiger partial charge is 0.485 e. The average Bonchev–Trinajstić information content (AvgIpc) is 3.00. The first-order valence-electron chi connectivity index (χ1n) is 17.4. The molecule has 0 fully saturated rings. The van der Waals surface area contributed by atoms with Crippen molar-refractivity contribution in [3.8, 4) is 0 Å². The number of hydrogen-bond donors (Lipinski definition) is 0. The van der Waals surface area contributed by atoms with Crippen LogP contribution in [0.15, 0.2) is 48.5 Å². The lowest BCUT2D eigenvalue weighted by Gasteiger charge is -2.08. The number of halogens is 4. The summed E-state index contributed by atoms with van der Waals surface area (Å²) in [5.74, 6) is 0. The molecule has 0 saturated carbocycles. The van der Waals surface area contributed by atoms with Gasteiger partial charge in [0, 0.05) is 11.1 Å². The summed E-state index contributed by atoms with van der Waals surface area (Å²) in [6.45, 7) is 4.61. The predicted octanol–water partition coefficient (Wildman–Crippen LogP) is 8.79. The summed E-state index contributed by atoms with van der Waals surface area (Å²) in [6.07, 6.45) is 30.9. The highest BCUT2D eigenvalue weighted by Crippen LogP contribution is 2.20. The van der Waals surface area contributed by atoms with Crippen molar-refractivity contribution in [1.29, 1.82) is 0 Å². The van der Waals surface area contributed by atoms with Gasteiger partial charge in [0.1, 0.15) is 0 Å². The molecule has 0 saturated heterocycles. The molecule has 45 heavy (non-hydrogen) atoms. The Morgan fingerprint density at radius 1 is 0.533 bits per heavy atom. The summed E-state index contributed by atoms with van der Waals surface area (Å²) in [7, 11) is -6.09. The second kappa shape index (κ2) is 25.9. The molecule has 258 valence electrons. The second-order valence-electron chi connectivity index (χ2n) is 12.0. The Hall–Kier alpha value is -1.13. The second-order valence-corrected chi connectivity index (χ2v) is 16.3. The lowest BCUT2D eigenvalue weighted by molar-refractivity contribution is -0.599. The van der Waals surface area contributed by atoms with E-state index < -0.39 is 15.6 Å². The van der Waals surface area contributed by atoms with E-state index in [1.54, 1.807) is 18.3 Å². The van der Waals surface area contributed by atoms with Crippen LogP contribution in [0, 0.1) is 7.14 Å². The van der Waals surface area contributed by atoms with E-state index in [2.05, 4.69) is 62.4 Å². The van der Waals surface area contributed by atoms with Crippen LogP contribution >= 0.6 is 0 Å². The van der Waals surface area contributed by atoms with E-state index in [0.29, 0.717) is 0 Å². The minimum atomic E-state index is -6.09. The largest absolute Gasteiger partial charge is 0.741 e. The zero-order valence-corrected chi connectivity index (χ0v) is 30.8. The number of unbranched alkanes of at least 4 members (excludes halogenated alkanes) is 18. The van der Waals surface area contributed by atoms with Gasteiger partial charge < -0.3 is 4.55 Å². The maximum absolute atomic E-state index is 10.7. The first-order valence-corrected chi connectivity index (χ1v) is 21.0. The highest BCUT2D eigenvalue weighted by molar-refractivity contribution is 7.86. The van der Waals surface area contributed by atoms with Crippen LogP contribution in [0.4, 0.5) is 13.2 Å². The molecule has 0 radical (unpaired) electrons. The molecular weight excluding hydrogens is 708 g/mol. The fourth-order valence-corrected chi connectivity index (χ4v) is 8.29. The van der Waals surface area contributed by atoms with Crippen LogP contribution in [-0.2, 0) is 23.0 Å². The number of alkyl halides is 3. The van der Waals surface area contributed by atoms with Crippen molar-refractivity contribution in [1.82, 2.24) is 0 Å². The molecule has 0 spiro atoms. The summed E-state index contributed by atoms with van der Waals surface area (Å²) in [5.41, 5.74) is -2.39. The summed E-state index contributed by atoms with van der Waals surface area (Å²) < 4.78 is 62.2. The van der Waals surface area contributed by atoms with Crippen molar-refractivity contribution >= 4 is 10.1 Å². The van der Waals surface area contributed by atoms with E-state index in [4.69, 9.17) is 13.0 Å². The van der Waals surface area contributed by atoms with Crippen molar-refractivity contribution in [2.75, 3.05) is 0 Å². The van der Waals surface area contributed by atoms with Crippen LogP contribution in [-0.4, -0.2) is 18.5 Å². The first-order chi connectivity index (χ1) is 21.6. The molecule has 2 aromatic rings. The Morgan fingerprint density at radius 2 is 0.800 bits per heavy atom. The van der Waals surface area contributed by atoms with Gasteiger partial charge in [0.05, 0.1) is 0 Å². The molecule has 0 aliphatic heterocycles. The normalized spacial score (nSPS) is 11.8. The third-order valence-corrected chi connectivity index (χ3v) is 11.8. The summed E-state index contributed by atoms with van der Waals surface area (Å²) in [6, 6.07) is 18.7. The Kier molecular flexibility index (Phi) is 24.1. The van der Waals surface area contributed by atoms with E-state index in [1.807, 2.05) is 0 Å². The van der Waals surface area contributed by atoms with Crippen molar-refractivity contribution in [2.45, 2.75) is 161 Å². The van der Waals surface area contributed by atoms with Crippen LogP contribution in [0.25, 0.3) is 0 Å². The van der Waals surface area contributed by atoms with Gasteiger partial charge in [-0.15, -0.1) is 0 Å². The van der Waals surface area contributed by atoms with Crippen LogP contribution in [0.1, 0.15) is 153 Å². The van der Waals surface area contributed by atoms with Gasteiger partial charge in [-0.25, -0.2) is 8.42 Å². The minimum absolute atomic E-state index is 0.0947. The molecule has 0 aliphatic carbocycles. The van der Waals surface area contributed by atoms with E-state index in [1.165, 1.54) is 141 Å². The molecule has 2 aromatic carbocycles. The zero-order valence-electron chi connectivity index (χ0n) is 27.8. The third-order valence-electron chi connectivity index (χ3n) is 8.00. The number of rotatable bonds is 24.